The van der Waals surface area contributed by atoms with Gasteiger partial charge in [0, 0.05) is 11.2 Å². The number of alkyl halides is 1. The Hall–Kier alpha value is 0.240. The SMILES string of the molecule is Brc1ccc(CC2CCCC(Br)C2)o1. The summed E-state index contributed by atoms with van der Waals surface area (Å²) in [6.07, 6.45) is 6.41. The van der Waals surface area contributed by atoms with Gasteiger partial charge in [-0.25, -0.2) is 0 Å². The van der Waals surface area contributed by atoms with Crippen molar-refractivity contribution in [2.45, 2.75) is 36.9 Å². The van der Waals surface area contributed by atoms with Crippen LogP contribution in [0, 0.1) is 5.92 Å². The number of rotatable bonds is 2. The first-order chi connectivity index (χ1) is 6.74. The Kier molecular flexibility index (Phi) is 3.72. The van der Waals surface area contributed by atoms with Crippen molar-refractivity contribution in [1.82, 2.24) is 0 Å². The standard InChI is InChI=1S/C11H14Br2O/c12-9-3-1-2-8(6-9)7-10-4-5-11(13)14-10/h4-5,8-9H,1-3,6-7H2. The van der Waals surface area contributed by atoms with Crippen LogP contribution in [0.5, 0.6) is 0 Å². The van der Waals surface area contributed by atoms with Gasteiger partial charge in [0.2, 0.25) is 0 Å². The van der Waals surface area contributed by atoms with Crippen molar-refractivity contribution >= 4 is 31.9 Å². The summed E-state index contributed by atoms with van der Waals surface area (Å²) in [6, 6.07) is 4.05. The summed E-state index contributed by atoms with van der Waals surface area (Å²) < 4.78 is 6.37. The lowest BCUT2D eigenvalue weighted by atomic mass is 9.86. The highest BCUT2D eigenvalue weighted by Gasteiger charge is 2.21. The topological polar surface area (TPSA) is 13.1 Å². The monoisotopic (exact) mass is 320 g/mol. The van der Waals surface area contributed by atoms with Gasteiger partial charge in [-0.05, 0) is 53.2 Å². The molecule has 1 aromatic rings. The number of furan rings is 1. The fourth-order valence-corrected chi connectivity index (χ4v) is 3.35. The molecule has 3 heteroatoms. The summed E-state index contributed by atoms with van der Waals surface area (Å²) >= 11 is 7.04. The molecular weight excluding hydrogens is 308 g/mol. The van der Waals surface area contributed by atoms with Crippen molar-refractivity contribution in [2.24, 2.45) is 5.92 Å². The van der Waals surface area contributed by atoms with Crippen LogP contribution in [0.3, 0.4) is 0 Å². The van der Waals surface area contributed by atoms with Gasteiger partial charge in [-0.3, -0.25) is 0 Å². The van der Waals surface area contributed by atoms with Gasteiger partial charge < -0.3 is 4.42 Å². The van der Waals surface area contributed by atoms with E-state index in [0.29, 0.717) is 0 Å². The highest BCUT2D eigenvalue weighted by atomic mass is 79.9. The summed E-state index contributed by atoms with van der Waals surface area (Å²) in [4.78, 5) is 0.722. The molecule has 0 aliphatic heterocycles. The Morgan fingerprint density at radius 3 is 2.86 bits per heavy atom. The first kappa shape index (κ1) is 10.7. The van der Waals surface area contributed by atoms with E-state index in [-0.39, 0.29) is 0 Å². The van der Waals surface area contributed by atoms with Crippen molar-refractivity contribution in [1.29, 1.82) is 0 Å². The molecular formula is C11H14Br2O. The minimum atomic E-state index is 0.722. The third-order valence-electron chi connectivity index (χ3n) is 2.84. The molecule has 0 saturated heterocycles. The normalized spacial score (nSPS) is 27.9. The minimum Gasteiger partial charge on any atom is -0.454 e. The predicted octanol–water partition coefficient (Wildman–Crippen LogP) is 4.54. The Morgan fingerprint density at radius 1 is 1.36 bits per heavy atom. The molecule has 1 fully saturated rings. The largest absolute Gasteiger partial charge is 0.454 e. The molecule has 1 aliphatic carbocycles. The zero-order valence-corrected chi connectivity index (χ0v) is 11.2. The summed E-state index contributed by atoms with van der Waals surface area (Å²) in [5, 5.41) is 0. The van der Waals surface area contributed by atoms with Crippen LogP contribution in [0.4, 0.5) is 0 Å². The Labute approximate surface area is 102 Å². The summed E-state index contributed by atoms with van der Waals surface area (Å²) in [6.45, 7) is 0. The molecule has 1 nitrogen and oxygen atoms in total. The molecule has 1 heterocycles. The van der Waals surface area contributed by atoms with E-state index >= 15 is 0 Å². The zero-order chi connectivity index (χ0) is 9.97. The Bertz CT molecular complexity index is 295. The van der Waals surface area contributed by atoms with Crippen LogP contribution in [0.2, 0.25) is 0 Å². The van der Waals surface area contributed by atoms with Gasteiger partial charge in [0.05, 0.1) is 0 Å². The first-order valence-corrected chi connectivity index (χ1v) is 6.83. The van der Waals surface area contributed by atoms with Crippen molar-refractivity contribution < 1.29 is 4.42 Å². The van der Waals surface area contributed by atoms with Crippen molar-refractivity contribution in [3.05, 3.63) is 22.6 Å². The molecule has 14 heavy (non-hydrogen) atoms. The van der Waals surface area contributed by atoms with Crippen LogP contribution < -0.4 is 0 Å². The van der Waals surface area contributed by atoms with E-state index in [1.54, 1.807) is 0 Å². The molecule has 1 saturated carbocycles. The zero-order valence-electron chi connectivity index (χ0n) is 8.01. The second-order valence-corrected chi connectivity index (χ2v) is 6.12. The van der Waals surface area contributed by atoms with E-state index in [1.807, 2.05) is 6.07 Å². The first-order valence-electron chi connectivity index (χ1n) is 5.12. The highest BCUT2D eigenvalue weighted by molar-refractivity contribution is 9.10. The molecule has 0 N–H and O–H groups in total. The van der Waals surface area contributed by atoms with Crippen LogP contribution in [0.1, 0.15) is 31.4 Å². The molecule has 0 spiro atoms. The summed E-state index contributed by atoms with van der Waals surface area (Å²) in [7, 11) is 0. The quantitative estimate of drug-likeness (QED) is 0.729. The lowest BCUT2D eigenvalue weighted by molar-refractivity contribution is 0.340. The molecule has 1 aromatic heterocycles. The number of hydrogen-bond acceptors (Lipinski definition) is 1. The van der Waals surface area contributed by atoms with E-state index in [0.717, 1.165) is 27.6 Å². The van der Waals surface area contributed by atoms with E-state index in [9.17, 15) is 0 Å². The van der Waals surface area contributed by atoms with Gasteiger partial charge in [-0.1, -0.05) is 22.4 Å². The van der Waals surface area contributed by atoms with Crippen LogP contribution in [0.15, 0.2) is 21.2 Å². The molecule has 2 unspecified atom stereocenters. The van der Waals surface area contributed by atoms with Crippen molar-refractivity contribution in [3.63, 3.8) is 0 Å². The van der Waals surface area contributed by atoms with Crippen molar-refractivity contribution in [2.75, 3.05) is 0 Å². The van der Waals surface area contributed by atoms with Gasteiger partial charge in [-0.2, -0.15) is 0 Å². The highest BCUT2D eigenvalue weighted by Crippen LogP contribution is 2.31. The molecule has 2 rings (SSSR count). The molecule has 78 valence electrons. The predicted molar refractivity (Wildman–Crippen MR) is 64.8 cm³/mol. The Balaban J connectivity index is 1.90. The summed E-state index contributed by atoms with van der Waals surface area (Å²) in [5.74, 6) is 1.91. The second-order valence-electron chi connectivity index (χ2n) is 4.04. The van der Waals surface area contributed by atoms with E-state index < -0.39 is 0 Å². The minimum absolute atomic E-state index is 0.722. The van der Waals surface area contributed by atoms with Gasteiger partial charge in [0.1, 0.15) is 5.76 Å². The third-order valence-corrected chi connectivity index (χ3v) is 4.10. The van der Waals surface area contributed by atoms with Gasteiger partial charge in [0.15, 0.2) is 4.67 Å². The second kappa shape index (κ2) is 4.84. The van der Waals surface area contributed by atoms with E-state index in [4.69, 9.17) is 4.42 Å². The molecule has 2 atom stereocenters. The maximum absolute atomic E-state index is 5.52. The van der Waals surface area contributed by atoms with Crippen LogP contribution in [-0.2, 0) is 6.42 Å². The molecule has 1 aliphatic rings. The van der Waals surface area contributed by atoms with Crippen molar-refractivity contribution in [3.8, 4) is 0 Å². The molecule has 0 aromatic carbocycles. The fourth-order valence-electron chi connectivity index (χ4n) is 2.16. The van der Waals surface area contributed by atoms with E-state index in [1.165, 1.54) is 25.7 Å². The van der Waals surface area contributed by atoms with Crippen LogP contribution in [-0.4, -0.2) is 4.83 Å². The van der Waals surface area contributed by atoms with Crippen LogP contribution >= 0.6 is 31.9 Å². The molecule has 0 radical (unpaired) electrons. The van der Waals surface area contributed by atoms with Gasteiger partial charge >= 0.3 is 0 Å². The summed E-state index contributed by atoms with van der Waals surface area (Å²) in [5.41, 5.74) is 0. The smallest absolute Gasteiger partial charge is 0.169 e. The number of hydrogen-bond donors (Lipinski definition) is 0. The molecule has 0 bridgehead atoms. The number of halogens is 2. The average molecular weight is 322 g/mol. The lowest BCUT2D eigenvalue weighted by Crippen LogP contribution is -2.16. The van der Waals surface area contributed by atoms with Crippen LogP contribution in [0.25, 0.3) is 0 Å². The maximum Gasteiger partial charge on any atom is 0.169 e. The third kappa shape index (κ3) is 2.86. The maximum atomic E-state index is 5.52. The lowest BCUT2D eigenvalue weighted by Gasteiger charge is -2.24. The molecule has 0 amide bonds. The van der Waals surface area contributed by atoms with Gasteiger partial charge in [-0.15, -0.1) is 0 Å². The fraction of sp³-hybridized carbons (Fsp3) is 0.636. The van der Waals surface area contributed by atoms with E-state index in [2.05, 4.69) is 37.9 Å². The average Bonchev–Trinajstić information content (AvgIpc) is 2.51. The Morgan fingerprint density at radius 2 is 2.21 bits per heavy atom. The van der Waals surface area contributed by atoms with Gasteiger partial charge in [0.25, 0.3) is 0 Å².